The van der Waals surface area contributed by atoms with E-state index in [9.17, 15) is 39.2 Å². The van der Waals surface area contributed by atoms with Crippen LogP contribution in [-0.4, -0.2) is 45.5 Å². The molecule has 2 aromatic carbocycles. The number of rotatable bonds is 9. The van der Waals surface area contributed by atoms with E-state index < -0.39 is 57.1 Å². The maximum Gasteiger partial charge on any atom is 1.00 e. The maximum absolute atomic E-state index is 12.1. The van der Waals surface area contributed by atoms with Crippen LogP contribution < -0.4 is 69.2 Å². The van der Waals surface area contributed by atoms with E-state index in [-0.39, 0.29) is 81.6 Å². The molecule has 0 aliphatic heterocycles. The number of amides is 1. The van der Waals surface area contributed by atoms with Gasteiger partial charge in [0.05, 0.1) is 15.0 Å². The average molecular weight is 589 g/mol. The van der Waals surface area contributed by atoms with E-state index in [1.807, 2.05) is 0 Å². The molecule has 2 N–H and O–H groups in total. The van der Waals surface area contributed by atoms with Crippen molar-refractivity contribution in [3.05, 3.63) is 47.5 Å². The summed E-state index contributed by atoms with van der Waals surface area (Å²) in [5, 5.41) is 1.90. The third-order valence-corrected chi connectivity index (χ3v) is 8.68. The van der Waals surface area contributed by atoms with Gasteiger partial charge in [-0.3, -0.25) is 9.52 Å². The molecular formula is C21H22N2Na2O9S3. The summed E-state index contributed by atoms with van der Waals surface area (Å²) in [5.74, 6) is -0.795. The topological polar surface area (TPSA) is 190 Å². The third kappa shape index (κ3) is 9.42. The number of anilines is 2. The minimum Gasteiger partial charge on any atom is -0.744 e. The van der Waals surface area contributed by atoms with Gasteiger partial charge in [-0.1, -0.05) is 38.1 Å². The van der Waals surface area contributed by atoms with Crippen molar-refractivity contribution in [2.75, 3.05) is 10.0 Å². The zero-order chi connectivity index (χ0) is 26.2. The molecule has 37 heavy (non-hydrogen) atoms. The van der Waals surface area contributed by atoms with Crippen molar-refractivity contribution in [1.29, 1.82) is 0 Å². The summed E-state index contributed by atoms with van der Waals surface area (Å²) in [6.45, 7) is 3.25. The van der Waals surface area contributed by atoms with E-state index in [0.29, 0.717) is 12.8 Å². The summed E-state index contributed by atoms with van der Waals surface area (Å²) in [7, 11) is -13.8. The van der Waals surface area contributed by atoms with Crippen LogP contribution in [0.2, 0.25) is 0 Å². The van der Waals surface area contributed by atoms with Crippen molar-refractivity contribution in [2.24, 2.45) is 5.92 Å². The SMILES string of the molecule is CC(C)C(=O)Nc1ccc(/C=C/c2ccc(NS(=O)(=O)C3CC3)cc2S(=O)(=O)[O-])c(S(=O)(=O)[O-])c1.[Na+].[Na+]. The monoisotopic (exact) mass is 588 g/mol. The van der Waals surface area contributed by atoms with Gasteiger partial charge < -0.3 is 14.4 Å². The van der Waals surface area contributed by atoms with Gasteiger partial charge in [0.25, 0.3) is 0 Å². The van der Waals surface area contributed by atoms with Gasteiger partial charge in [-0.15, -0.1) is 0 Å². The van der Waals surface area contributed by atoms with Crippen LogP contribution in [-0.2, 0) is 35.1 Å². The minimum atomic E-state index is -5.05. The Kier molecular flexibility index (Phi) is 12.1. The van der Waals surface area contributed by atoms with Gasteiger partial charge in [0.2, 0.25) is 15.9 Å². The van der Waals surface area contributed by atoms with Crippen LogP contribution in [0.5, 0.6) is 0 Å². The number of hydrogen-bond donors (Lipinski definition) is 2. The van der Waals surface area contributed by atoms with E-state index in [1.165, 1.54) is 24.3 Å². The molecule has 3 rings (SSSR count). The number of carbonyl (C=O) groups is 1. The zero-order valence-electron chi connectivity index (χ0n) is 20.6. The van der Waals surface area contributed by atoms with Crippen LogP contribution >= 0.6 is 0 Å². The molecule has 0 radical (unpaired) electrons. The average Bonchev–Trinajstić information content (AvgIpc) is 3.57. The summed E-state index contributed by atoms with van der Waals surface area (Å²) in [6.07, 6.45) is 3.19. The summed E-state index contributed by atoms with van der Waals surface area (Å²) >= 11 is 0. The fourth-order valence-electron chi connectivity index (χ4n) is 3.01. The number of sulfonamides is 1. The molecule has 1 amide bonds. The number of nitrogens with one attached hydrogen (secondary N) is 2. The molecule has 0 spiro atoms. The van der Waals surface area contributed by atoms with E-state index in [0.717, 1.165) is 24.3 Å². The van der Waals surface area contributed by atoms with E-state index in [1.54, 1.807) is 13.8 Å². The Morgan fingerprint density at radius 2 is 1.27 bits per heavy atom. The molecule has 1 aliphatic rings. The van der Waals surface area contributed by atoms with Crippen LogP contribution in [0.1, 0.15) is 37.8 Å². The largest absolute Gasteiger partial charge is 1.00 e. The zero-order valence-corrected chi connectivity index (χ0v) is 27.0. The first-order chi connectivity index (χ1) is 16.1. The molecule has 2 aromatic rings. The first-order valence-electron chi connectivity index (χ1n) is 10.3. The fraction of sp³-hybridized carbons (Fsp3) is 0.286. The Morgan fingerprint density at radius 3 is 1.68 bits per heavy atom. The molecule has 0 unspecified atom stereocenters. The maximum atomic E-state index is 12.1. The fourth-order valence-corrected chi connectivity index (χ4v) is 5.78. The van der Waals surface area contributed by atoms with Crippen molar-refractivity contribution >= 4 is 59.7 Å². The smallest absolute Gasteiger partial charge is 0.744 e. The predicted octanol–water partition coefficient (Wildman–Crippen LogP) is -3.83. The molecule has 0 bridgehead atoms. The molecule has 190 valence electrons. The molecule has 0 aromatic heterocycles. The van der Waals surface area contributed by atoms with Crippen LogP contribution in [0.25, 0.3) is 12.2 Å². The molecule has 16 heteroatoms. The second-order valence-corrected chi connectivity index (χ2v) is 12.9. The van der Waals surface area contributed by atoms with Gasteiger partial charge >= 0.3 is 59.1 Å². The standard InChI is InChI=1S/C21H24N2O9S3.2Na/c1-13(2)21(24)22-16-7-5-14(19(11-16)34(27,28)29)3-4-15-6-8-17(12-20(15)35(30,31)32)23-33(25,26)18-9-10-18;;/h3-8,11-13,18,23H,9-10H2,1-2H3,(H,22,24)(H,27,28,29)(H,30,31,32);;/q;2*+1/p-2/b4-3+;;. The van der Waals surface area contributed by atoms with E-state index >= 15 is 0 Å². The normalized spacial score (nSPS) is 14.1. The first-order valence-corrected chi connectivity index (χ1v) is 14.6. The summed E-state index contributed by atoms with van der Waals surface area (Å²) in [6, 6.07) is 6.87. The number of carbonyl (C=O) groups excluding carboxylic acids is 1. The molecule has 0 atom stereocenters. The summed E-state index contributed by atoms with van der Waals surface area (Å²) in [5.41, 5.74) is -0.307. The summed E-state index contributed by atoms with van der Waals surface area (Å²) in [4.78, 5) is 10.5. The van der Waals surface area contributed by atoms with Gasteiger partial charge in [0, 0.05) is 17.3 Å². The Morgan fingerprint density at radius 1 is 0.838 bits per heavy atom. The van der Waals surface area contributed by atoms with E-state index in [2.05, 4.69) is 10.0 Å². The molecule has 0 saturated heterocycles. The van der Waals surface area contributed by atoms with Crippen molar-refractivity contribution in [3.8, 4) is 0 Å². The Hall–Kier alpha value is -0.780. The molecule has 11 nitrogen and oxygen atoms in total. The van der Waals surface area contributed by atoms with E-state index in [4.69, 9.17) is 0 Å². The third-order valence-electron chi connectivity index (χ3n) is 5.02. The van der Waals surface area contributed by atoms with Gasteiger partial charge in [0.1, 0.15) is 20.2 Å². The Labute approximate surface area is 260 Å². The Bertz CT molecular complexity index is 1520. The first kappa shape index (κ1) is 34.2. The second kappa shape index (κ2) is 13.0. The van der Waals surface area contributed by atoms with Crippen LogP contribution in [0.15, 0.2) is 46.2 Å². The number of hydrogen-bond acceptors (Lipinski definition) is 9. The van der Waals surface area contributed by atoms with Crippen LogP contribution in [0, 0.1) is 5.92 Å². The second-order valence-electron chi connectivity index (χ2n) is 8.24. The van der Waals surface area contributed by atoms with Gasteiger partial charge in [-0.05, 0) is 48.2 Å². The Balaban J connectivity index is 0.00000342. The van der Waals surface area contributed by atoms with Crippen molar-refractivity contribution < 1.29 is 98.3 Å². The number of benzene rings is 2. The molecule has 1 saturated carbocycles. The van der Waals surface area contributed by atoms with Gasteiger partial charge in [-0.2, -0.15) is 0 Å². The van der Waals surface area contributed by atoms with Crippen molar-refractivity contribution in [2.45, 2.75) is 41.7 Å². The molecular weight excluding hydrogens is 566 g/mol. The summed E-state index contributed by atoms with van der Waals surface area (Å²) < 4.78 is 97.3. The minimum absolute atomic E-state index is 0. The molecule has 1 fully saturated rings. The molecule has 0 heterocycles. The van der Waals surface area contributed by atoms with Crippen molar-refractivity contribution in [3.63, 3.8) is 0 Å². The van der Waals surface area contributed by atoms with Gasteiger partial charge in [-0.25, -0.2) is 25.3 Å². The van der Waals surface area contributed by atoms with Crippen LogP contribution in [0.4, 0.5) is 11.4 Å². The quantitative estimate of drug-likeness (QED) is 0.168. The molecule has 1 aliphatic carbocycles. The van der Waals surface area contributed by atoms with Crippen LogP contribution in [0.3, 0.4) is 0 Å². The predicted molar refractivity (Wildman–Crippen MR) is 127 cm³/mol. The van der Waals surface area contributed by atoms with Crippen molar-refractivity contribution in [1.82, 2.24) is 0 Å². The van der Waals surface area contributed by atoms with Gasteiger partial charge in [0.15, 0.2) is 0 Å².